The molecule has 3 rings (SSSR count). The molecule has 1 aliphatic rings. The number of halogens is 1. The van der Waals surface area contributed by atoms with Gasteiger partial charge in [-0.05, 0) is 18.6 Å². The summed E-state index contributed by atoms with van der Waals surface area (Å²) in [6, 6.07) is 5.99. The van der Waals surface area contributed by atoms with E-state index in [1.165, 1.54) is 28.4 Å². The Morgan fingerprint density at radius 3 is 2.93 bits per heavy atom. The number of allylic oxidation sites excluding steroid dienone is 2. The molecule has 0 radical (unpaired) electrons. The number of hydrogen-bond acceptors (Lipinski definition) is 6. The van der Waals surface area contributed by atoms with E-state index in [2.05, 4.69) is 15.5 Å². The molecule has 2 aromatic rings. The van der Waals surface area contributed by atoms with Gasteiger partial charge in [0.2, 0.25) is 5.13 Å². The van der Waals surface area contributed by atoms with Gasteiger partial charge in [0, 0.05) is 24.7 Å². The largest absolute Gasteiger partial charge is 0.482 e. The first kappa shape index (κ1) is 19.0. The molecule has 0 bridgehead atoms. The Bertz CT molecular complexity index is 878. The maximum absolute atomic E-state index is 14.1. The lowest BCUT2D eigenvalue weighted by Gasteiger charge is -2.19. The molecule has 27 heavy (non-hydrogen) atoms. The highest BCUT2D eigenvalue weighted by atomic mass is 32.1. The number of aromatic nitrogens is 2. The monoisotopic (exact) mass is 388 g/mol. The zero-order chi connectivity index (χ0) is 19.2. The van der Waals surface area contributed by atoms with Crippen LogP contribution < -0.4 is 10.2 Å². The van der Waals surface area contributed by atoms with Gasteiger partial charge < -0.3 is 10.1 Å². The second-order valence-corrected chi connectivity index (χ2v) is 6.89. The van der Waals surface area contributed by atoms with Gasteiger partial charge in [0.25, 0.3) is 5.91 Å². The van der Waals surface area contributed by atoms with Gasteiger partial charge in [0.15, 0.2) is 5.88 Å². The van der Waals surface area contributed by atoms with E-state index in [4.69, 9.17) is 4.74 Å². The smallest absolute Gasteiger partial charge is 0.263 e. The normalized spacial score (nSPS) is 13.4. The number of carbonyl (C=O) groups is 1. The third-order valence-electron chi connectivity index (χ3n) is 4.08. The predicted octanol–water partition coefficient (Wildman–Crippen LogP) is 3.60. The number of nitrogens with zero attached hydrogens (tertiary/aromatic N) is 3. The van der Waals surface area contributed by atoms with E-state index in [1.54, 1.807) is 19.2 Å². The van der Waals surface area contributed by atoms with Crippen molar-refractivity contribution in [1.82, 2.24) is 15.5 Å². The molecule has 0 atom stereocenters. The standard InChI is InChI=1S/C19H21FN4O2S/c1-3-4-11-24(18(25)14-7-5-6-8-15(14)20)19-23-22-17(27-19)13-9-10-21-16(12-13)26-2/h5-9,12,21H,3-4,10-11H2,1-2H3. The summed E-state index contributed by atoms with van der Waals surface area (Å²) in [5, 5.41) is 12.6. The van der Waals surface area contributed by atoms with Gasteiger partial charge in [-0.15, -0.1) is 10.2 Å². The van der Waals surface area contributed by atoms with Gasteiger partial charge in [-0.25, -0.2) is 4.39 Å². The van der Waals surface area contributed by atoms with Gasteiger partial charge >= 0.3 is 0 Å². The molecule has 1 aliphatic heterocycles. The van der Waals surface area contributed by atoms with Crippen molar-refractivity contribution in [2.45, 2.75) is 19.8 Å². The maximum atomic E-state index is 14.1. The quantitative estimate of drug-likeness (QED) is 0.785. The van der Waals surface area contributed by atoms with Crippen molar-refractivity contribution in [3.63, 3.8) is 0 Å². The minimum atomic E-state index is -0.539. The highest BCUT2D eigenvalue weighted by molar-refractivity contribution is 7.16. The van der Waals surface area contributed by atoms with E-state index in [0.29, 0.717) is 29.1 Å². The number of dihydropyridines is 1. The minimum absolute atomic E-state index is 0.0352. The molecule has 0 saturated heterocycles. The van der Waals surface area contributed by atoms with Crippen molar-refractivity contribution in [1.29, 1.82) is 0 Å². The Hall–Kier alpha value is -2.74. The van der Waals surface area contributed by atoms with Gasteiger partial charge in [-0.2, -0.15) is 0 Å². The molecule has 0 saturated carbocycles. The van der Waals surface area contributed by atoms with E-state index >= 15 is 0 Å². The highest BCUT2D eigenvalue weighted by Crippen LogP contribution is 2.29. The van der Waals surface area contributed by atoms with E-state index in [-0.39, 0.29) is 5.56 Å². The summed E-state index contributed by atoms with van der Waals surface area (Å²) in [6.45, 7) is 3.11. The number of benzene rings is 1. The van der Waals surface area contributed by atoms with E-state index in [0.717, 1.165) is 18.4 Å². The summed E-state index contributed by atoms with van der Waals surface area (Å²) in [5.41, 5.74) is 0.913. The van der Waals surface area contributed by atoms with Crippen LogP contribution in [0.5, 0.6) is 0 Å². The fourth-order valence-corrected chi connectivity index (χ4v) is 3.50. The molecule has 0 fully saturated rings. The summed E-state index contributed by atoms with van der Waals surface area (Å²) < 4.78 is 19.3. The topological polar surface area (TPSA) is 67.4 Å². The molecular weight excluding hydrogens is 367 g/mol. The molecule has 6 nitrogen and oxygen atoms in total. The molecule has 142 valence electrons. The maximum Gasteiger partial charge on any atom is 0.263 e. The summed E-state index contributed by atoms with van der Waals surface area (Å²) in [4.78, 5) is 14.4. The first-order chi connectivity index (χ1) is 13.1. The molecule has 1 aromatic carbocycles. The zero-order valence-electron chi connectivity index (χ0n) is 15.2. The lowest BCUT2D eigenvalue weighted by atomic mass is 10.2. The lowest BCUT2D eigenvalue weighted by molar-refractivity contribution is 0.0982. The van der Waals surface area contributed by atoms with Crippen LogP contribution in [-0.2, 0) is 4.74 Å². The Kier molecular flexibility index (Phi) is 6.18. The van der Waals surface area contributed by atoms with Crippen molar-refractivity contribution < 1.29 is 13.9 Å². The molecule has 1 amide bonds. The van der Waals surface area contributed by atoms with Crippen LogP contribution in [0.3, 0.4) is 0 Å². The van der Waals surface area contributed by atoms with Crippen molar-refractivity contribution in [3.8, 4) is 0 Å². The Balaban J connectivity index is 1.89. The highest BCUT2D eigenvalue weighted by Gasteiger charge is 2.24. The number of rotatable bonds is 7. The second-order valence-electron chi connectivity index (χ2n) is 5.93. The molecule has 8 heteroatoms. The van der Waals surface area contributed by atoms with Crippen molar-refractivity contribution in [3.05, 3.63) is 58.7 Å². The van der Waals surface area contributed by atoms with Gasteiger partial charge in [0.1, 0.15) is 10.8 Å². The fraction of sp³-hybridized carbons (Fsp3) is 0.316. The molecule has 0 spiro atoms. The number of hydrogen-bond donors (Lipinski definition) is 1. The number of carbonyl (C=O) groups excluding carboxylic acids is 1. The molecule has 1 N–H and O–H groups in total. The number of methoxy groups -OCH3 is 1. The number of amides is 1. The molecule has 2 heterocycles. The number of nitrogens with one attached hydrogen (secondary N) is 1. The van der Waals surface area contributed by atoms with Crippen LogP contribution in [0.1, 0.15) is 35.1 Å². The number of ether oxygens (including phenoxy) is 1. The average Bonchev–Trinajstić information content (AvgIpc) is 3.18. The van der Waals surface area contributed by atoms with Crippen LogP contribution in [0, 0.1) is 5.82 Å². The zero-order valence-corrected chi connectivity index (χ0v) is 16.1. The molecule has 0 aliphatic carbocycles. The van der Waals surface area contributed by atoms with Gasteiger partial charge in [0.05, 0.1) is 12.7 Å². The van der Waals surface area contributed by atoms with Crippen LogP contribution in [0.25, 0.3) is 5.57 Å². The van der Waals surface area contributed by atoms with Crippen LogP contribution >= 0.6 is 11.3 Å². The van der Waals surface area contributed by atoms with Crippen LogP contribution in [-0.4, -0.2) is 36.3 Å². The Labute approximate surface area is 161 Å². The molecular formula is C19H21FN4O2S. The SMILES string of the molecule is CCCCN(C(=O)c1ccccc1F)c1nnc(C2=CCNC(OC)=C2)s1. The van der Waals surface area contributed by atoms with Gasteiger partial charge in [-0.3, -0.25) is 9.69 Å². The fourth-order valence-electron chi connectivity index (χ4n) is 2.61. The lowest BCUT2D eigenvalue weighted by Crippen LogP contribution is -2.32. The minimum Gasteiger partial charge on any atom is -0.482 e. The van der Waals surface area contributed by atoms with Crippen LogP contribution in [0.15, 0.2) is 42.3 Å². The second kappa shape index (κ2) is 8.77. The average molecular weight is 388 g/mol. The van der Waals surface area contributed by atoms with E-state index < -0.39 is 11.7 Å². The van der Waals surface area contributed by atoms with Crippen molar-refractivity contribution >= 4 is 27.9 Å². The first-order valence-electron chi connectivity index (χ1n) is 8.74. The Morgan fingerprint density at radius 2 is 2.19 bits per heavy atom. The third-order valence-corrected chi connectivity index (χ3v) is 5.08. The summed E-state index contributed by atoms with van der Waals surface area (Å²) >= 11 is 1.30. The Morgan fingerprint density at radius 1 is 1.37 bits per heavy atom. The van der Waals surface area contributed by atoms with Crippen LogP contribution in [0.2, 0.25) is 0 Å². The summed E-state index contributed by atoms with van der Waals surface area (Å²) in [5.74, 6) is -0.298. The first-order valence-corrected chi connectivity index (χ1v) is 9.55. The van der Waals surface area contributed by atoms with Crippen molar-refractivity contribution in [2.24, 2.45) is 0 Å². The van der Waals surface area contributed by atoms with Crippen molar-refractivity contribution in [2.75, 3.05) is 25.1 Å². The summed E-state index contributed by atoms with van der Waals surface area (Å²) in [6.07, 6.45) is 5.50. The predicted molar refractivity (Wildman–Crippen MR) is 104 cm³/mol. The third kappa shape index (κ3) is 4.33. The van der Waals surface area contributed by atoms with Gasteiger partial charge in [-0.1, -0.05) is 42.9 Å². The summed E-state index contributed by atoms with van der Waals surface area (Å²) in [7, 11) is 1.59. The molecule has 1 aromatic heterocycles. The van der Waals surface area contributed by atoms with Crippen LogP contribution in [0.4, 0.5) is 9.52 Å². The number of anilines is 1. The van der Waals surface area contributed by atoms with E-state index in [9.17, 15) is 9.18 Å². The number of unbranched alkanes of at least 4 members (excludes halogenated alkanes) is 1. The van der Waals surface area contributed by atoms with E-state index in [1.807, 2.05) is 19.1 Å². The molecule has 0 unspecified atom stereocenters.